The molecule has 0 aliphatic carbocycles. The monoisotopic (exact) mass is 230 g/mol. The topological polar surface area (TPSA) is 63.1 Å². The fourth-order valence-corrected chi connectivity index (χ4v) is 1.79. The highest BCUT2D eigenvalue weighted by atomic mass is 16.4. The normalized spacial score (nSPS) is 10.7. The maximum atomic E-state index is 10.5. The third-order valence-corrected chi connectivity index (χ3v) is 2.77. The summed E-state index contributed by atoms with van der Waals surface area (Å²) in [5.74, 6) is -0.800. The molecule has 0 atom stereocenters. The zero-order valence-corrected chi connectivity index (χ0v) is 9.90. The van der Waals surface area contributed by atoms with Gasteiger partial charge in [0.25, 0.3) is 0 Å². The van der Waals surface area contributed by atoms with E-state index < -0.39 is 5.97 Å². The van der Waals surface area contributed by atoms with Gasteiger partial charge in [-0.3, -0.25) is 14.8 Å². The summed E-state index contributed by atoms with van der Waals surface area (Å²) >= 11 is 0. The lowest BCUT2D eigenvalue weighted by Gasteiger charge is -2.06. The molecule has 0 amide bonds. The van der Waals surface area contributed by atoms with Gasteiger partial charge >= 0.3 is 5.97 Å². The first kappa shape index (κ1) is 11.5. The zero-order chi connectivity index (χ0) is 12.4. The molecule has 0 saturated heterocycles. The molecule has 2 rings (SSSR count). The quantitative estimate of drug-likeness (QED) is 0.878. The van der Waals surface area contributed by atoms with Crippen molar-refractivity contribution >= 4 is 16.9 Å². The van der Waals surface area contributed by atoms with E-state index in [0.717, 1.165) is 27.9 Å². The van der Waals surface area contributed by atoms with Gasteiger partial charge < -0.3 is 5.11 Å². The van der Waals surface area contributed by atoms with Crippen molar-refractivity contribution in [2.45, 2.75) is 26.7 Å². The molecule has 0 aromatic carbocycles. The molecular weight excluding hydrogens is 216 g/mol. The van der Waals surface area contributed by atoms with E-state index in [1.807, 2.05) is 32.2 Å². The minimum absolute atomic E-state index is 0.108. The van der Waals surface area contributed by atoms with E-state index in [-0.39, 0.29) is 6.42 Å². The predicted octanol–water partition coefficient (Wildman–Crippen LogP) is 2.26. The lowest BCUT2D eigenvalue weighted by Crippen LogP contribution is -2.00. The Balaban J connectivity index is 2.43. The van der Waals surface area contributed by atoms with Crippen molar-refractivity contribution in [1.29, 1.82) is 0 Å². The van der Waals surface area contributed by atoms with Crippen LogP contribution >= 0.6 is 0 Å². The van der Waals surface area contributed by atoms with Crippen LogP contribution in [0, 0.1) is 13.8 Å². The van der Waals surface area contributed by atoms with Crippen molar-refractivity contribution in [3.8, 4) is 0 Å². The maximum absolute atomic E-state index is 10.5. The van der Waals surface area contributed by atoms with Gasteiger partial charge in [0, 0.05) is 23.7 Å². The third kappa shape index (κ3) is 2.41. The summed E-state index contributed by atoms with van der Waals surface area (Å²) in [7, 11) is 0. The van der Waals surface area contributed by atoms with E-state index >= 15 is 0 Å². The van der Waals surface area contributed by atoms with Gasteiger partial charge in [-0.25, -0.2) is 0 Å². The Morgan fingerprint density at radius 3 is 2.82 bits per heavy atom. The van der Waals surface area contributed by atoms with Crippen LogP contribution in [0.4, 0.5) is 0 Å². The summed E-state index contributed by atoms with van der Waals surface area (Å²) in [6, 6.07) is 3.88. The number of carboxylic acids is 1. The molecule has 4 heteroatoms. The first-order chi connectivity index (χ1) is 8.08. The van der Waals surface area contributed by atoms with Gasteiger partial charge in [-0.1, -0.05) is 6.07 Å². The van der Waals surface area contributed by atoms with Crippen LogP contribution in [0.15, 0.2) is 18.3 Å². The largest absolute Gasteiger partial charge is 0.481 e. The summed E-state index contributed by atoms with van der Waals surface area (Å²) in [5, 5.41) is 9.73. The Morgan fingerprint density at radius 1 is 1.35 bits per heavy atom. The van der Waals surface area contributed by atoms with Crippen LogP contribution in [-0.2, 0) is 11.2 Å². The van der Waals surface area contributed by atoms with Gasteiger partial charge in [0.15, 0.2) is 0 Å². The number of aliphatic carboxylic acids is 1. The predicted molar refractivity (Wildman–Crippen MR) is 65.0 cm³/mol. The van der Waals surface area contributed by atoms with Crippen molar-refractivity contribution < 1.29 is 9.90 Å². The van der Waals surface area contributed by atoms with Crippen molar-refractivity contribution in [1.82, 2.24) is 9.97 Å². The number of nitrogens with zero attached hydrogens (tertiary/aromatic N) is 2. The highest BCUT2D eigenvalue weighted by Gasteiger charge is 2.06. The highest BCUT2D eigenvalue weighted by Crippen LogP contribution is 2.19. The molecule has 0 unspecified atom stereocenters. The number of aryl methyl sites for hydroxylation is 3. The van der Waals surface area contributed by atoms with Gasteiger partial charge in [-0.2, -0.15) is 0 Å². The van der Waals surface area contributed by atoms with E-state index in [4.69, 9.17) is 5.11 Å². The number of aromatic nitrogens is 2. The Hall–Kier alpha value is -1.97. The van der Waals surface area contributed by atoms with Crippen LogP contribution < -0.4 is 0 Å². The lowest BCUT2D eigenvalue weighted by molar-refractivity contribution is -0.136. The number of rotatable bonds is 3. The van der Waals surface area contributed by atoms with E-state index in [9.17, 15) is 4.79 Å². The van der Waals surface area contributed by atoms with Crippen LogP contribution in [0.3, 0.4) is 0 Å². The summed E-state index contributed by atoms with van der Waals surface area (Å²) in [4.78, 5) is 19.3. The lowest BCUT2D eigenvalue weighted by atomic mass is 10.1. The Kier molecular flexibility index (Phi) is 3.04. The second-order valence-electron chi connectivity index (χ2n) is 4.12. The molecule has 2 aromatic rings. The van der Waals surface area contributed by atoms with Gasteiger partial charge in [-0.05, 0) is 25.5 Å². The minimum atomic E-state index is -0.800. The molecule has 2 heterocycles. The molecule has 2 aromatic heterocycles. The summed E-state index contributed by atoms with van der Waals surface area (Å²) in [5.41, 5.74) is 3.63. The van der Waals surface area contributed by atoms with E-state index in [1.54, 1.807) is 0 Å². The molecule has 0 aliphatic rings. The second-order valence-corrected chi connectivity index (χ2v) is 4.12. The number of carbonyl (C=O) groups is 1. The second kappa shape index (κ2) is 4.49. The Labute approximate surface area is 99.3 Å². The van der Waals surface area contributed by atoms with Gasteiger partial charge in [0.2, 0.25) is 0 Å². The fraction of sp³-hybridized carbons (Fsp3) is 0.308. The summed E-state index contributed by atoms with van der Waals surface area (Å²) < 4.78 is 0. The fourth-order valence-electron chi connectivity index (χ4n) is 1.79. The van der Waals surface area contributed by atoms with Crippen molar-refractivity contribution in [2.75, 3.05) is 0 Å². The van der Waals surface area contributed by atoms with E-state index in [0.29, 0.717) is 6.42 Å². The van der Waals surface area contributed by atoms with Crippen molar-refractivity contribution in [3.63, 3.8) is 0 Å². The maximum Gasteiger partial charge on any atom is 0.303 e. The zero-order valence-electron chi connectivity index (χ0n) is 9.90. The van der Waals surface area contributed by atoms with Crippen molar-refractivity contribution in [3.05, 3.63) is 35.3 Å². The van der Waals surface area contributed by atoms with Crippen molar-refractivity contribution in [2.24, 2.45) is 0 Å². The molecule has 0 bridgehead atoms. The minimum Gasteiger partial charge on any atom is -0.481 e. The Bertz CT molecular complexity index is 579. The number of carboxylic acid groups (broad SMARTS) is 1. The average molecular weight is 230 g/mol. The average Bonchev–Trinajstić information content (AvgIpc) is 2.31. The summed E-state index contributed by atoms with van der Waals surface area (Å²) in [6.07, 6.45) is 2.39. The smallest absolute Gasteiger partial charge is 0.303 e. The molecule has 0 fully saturated rings. The standard InChI is InChI=1S/C13H14N2O2/c1-8-7-14-9(2)13-11(8)5-3-10(15-13)4-6-12(16)17/h3,5,7H,4,6H2,1-2H3,(H,16,17). The van der Waals surface area contributed by atoms with Gasteiger partial charge in [0.1, 0.15) is 0 Å². The molecule has 17 heavy (non-hydrogen) atoms. The SMILES string of the molecule is Cc1cnc(C)c2nc(CCC(=O)O)ccc12. The number of pyridine rings is 2. The highest BCUT2D eigenvalue weighted by molar-refractivity contribution is 5.83. The van der Waals surface area contributed by atoms with Crippen LogP contribution in [0.5, 0.6) is 0 Å². The molecule has 0 spiro atoms. The first-order valence-electron chi connectivity index (χ1n) is 5.51. The molecule has 0 aliphatic heterocycles. The molecular formula is C13H14N2O2. The Morgan fingerprint density at radius 2 is 2.12 bits per heavy atom. The molecule has 4 nitrogen and oxygen atoms in total. The number of fused-ring (bicyclic) bond motifs is 1. The van der Waals surface area contributed by atoms with Crippen LogP contribution in [0.1, 0.15) is 23.4 Å². The van der Waals surface area contributed by atoms with Gasteiger partial charge in [-0.15, -0.1) is 0 Å². The van der Waals surface area contributed by atoms with Gasteiger partial charge in [0.05, 0.1) is 17.6 Å². The number of hydrogen-bond donors (Lipinski definition) is 1. The van der Waals surface area contributed by atoms with E-state index in [1.165, 1.54) is 0 Å². The van der Waals surface area contributed by atoms with Crippen LogP contribution in [-0.4, -0.2) is 21.0 Å². The molecule has 88 valence electrons. The summed E-state index contributed by atoms with van der Waals surface area (Å²) in [6.45, 7) is 3.91. The molecule has 1 N–H and O–H groups in total. The van der Waals surface area contributed by atoms with Crippen LogP contribution in [0.2, 0.25) is 0 Å². The third-order valence-electron chi connectivity index (χ3n) is 2.77. The number of hydrogen-bond acceptors (Lipinski definition) is 3. The van der Waals surface area contributed by atoms with Crippen LogP contribution in [0.25, 0.3) is 10.9 Å². The van der Waals surface area contributed by atoms with E-state index in [2.05, 4.69) is 9.97 Å². The molecule has 0 radical (unpaired) electrons. The first-order valence-corrected chi connectivity index (χ1v) is 5.51. The molecule has 0 saturated carbocycles.